The van der Waals surface area contributed by atoms with Gasteiger partial charge in [0.1, 0.15) is 22.1 Å². The first kappa shape index (κ1) is 34.1. The number of aliphatic carboxylic acids is 1. The molecule has 2 amide bonds. The second-order valence-electron chi connectivity index (χ2n) is 11.3. The highest BCUT2D eigenvalue weighted by Gasteiger charge is 2.57. The Hall–Kier alpha value is -4.21. The summed E-state index contributed by atoms with van der Waals surface area (Å²) in [6.07, 6.45) is -8.71. The summed E-state index contributed by atoms with van der Waals surface area (Å²) < 4.78 is 103. The van der Waals surface area contributed by atoms with Crippen LogP contribution in [-0.2, 0) is 28.4 Å². The number of pyridine rings is 1. The molecule has 1 fully saturated rings. The van der Waals surface area contributed by atoms with Crippen LogP contribution in [-0.4, -0.2) is 62.4 Å². The number of benzene rings is 1. The predicted octanol–water partition coefficient (Wildman–Crippen LogP) is 6.75. The predicted molar refractivity (Wildman–Crippen MR) is 153 cm³/mol. The molecule has 3 atom stereocenters. The maximum atomic E-state index is 14.8. The van der Waals surface area contributed by atoms with E-state index in [1.54, 1.807) is 6.92 Å². The van der Waals surface area contributed by atoms with Gasteiger partial charge in [-0.05, 0) is 54.7 Å². The highest BCUT2D eigenvalue weighted by atomic mass is 32.1. The molecule has 0 saturated carbocycles. The number of carboxylic acid groups (broad SMARTS) is 1. The molecule has 0 aliphatic carbocycles. The number of carboxylic acids is 1. The largest absolute Gasteiger partial charge is 0.479 e. The number of piperidine rings is 1. The monoisotopic (exact) mass is 687 g/mol. The molecule has 2 aliphatic rings. The lowest BCUT2D eigenvalue weighted by atomic mass is 9.78. The van der Waals surface area contributed by atoms with E-state index in [9.17, 15) is 50.2 Å². The fraction of sp³-hybridized carbons (Fsp3) is 0.419. The van der Waals surface area contributed by atoms with Crippen molar-refractivity contribution < 1.29 is 55.0 Å². The van der Waals surface area contributed by atoms with Gasteiger partial charge in [0.2, 0.25) is 5.60 Å². The van der Waals surface area contributed by atoms with Gasteiger partial charge in [0, 0.05) is 37.2 Å². The van der Waals surface area contributed by atoms with Gasteiger partial charge in [-0.15, -0.1) is 11.3 Å². The van der Waals surface area contributed by atoms with E-state index in [1.807, 2.05) is 0 Å². The maximum Gasteiger partial charge on any atom is 0.425 e. The lowest BCUT2D eigenvalue weighted by molar-refractivity contribution is -0.168. The zero-order chi connectivity index (χ0) is 34.3. The van der Waals surface area contributed by atoms with Crippen molar-refractivity contribution in [3.63, 3.8) is 0 Å². The third-order valence-electron chi connectivity index (χ3n) is 8.35. The van der Waals surface area contributed by atoms with E-state index >= 15 is 0 Å². The van der Waals surface area contributed by atoms with Crippen molar-refractivity contribution in [2.45, 2.75) is 69.1 Å². The van der Waals surface area contributed by atoms with Crippen LogP contribution in [0.3, 0.4) is 0 Å². The Morgan fingerprint density at radius 1 is 1.06 bits per heavy atom. The quantitative estimate of drug-likeness (QED) is 0.276. The summed E-state index contributed by atoms with van der Waals surface area (Å²) in [6, 6.07) is 2.78. The third-order valence-corrected chi connectivity index (χ3v) is 9.30. The number of hydrogen-bond donors (Lipinski definition) is 1. The van der Waals surface area contributed by atoms with Crippen LogP contribution in [0.4, 0.5) is 30.7 Å². The SMILES string of the molecule is CCC[C@H]1N(C(=O)c2ncccc2C(F)(F)F)CCC[C@]1(Oc1csc(C(F)(F)F)c1)C(=O)N1CCc2cc(F)ccc2C1C(=O)O. The first-order valence-corrected chi connectivity index (χ1v) is 15.5. The van der Waals surface area contributed by atoms with E-state index < -0.39 is 69.8 Å². The lowest BCUT2D eigenvalue weighted by Crippen LogP contribution is -2.69. The minimum absolute atomic E-state index is 0.0271. The Kier molecular flexibility index (Phi) is 9.27. The normalized spacial score (nSPS) is 21.7. The van der Waals surface area contributed by atoms with Gasteiger partial charge in [0.15, 0.2) is 6.04 Å². The molecule has 2 aliphatic heterocycles. The highest BCUT2D eigenvalue weighted by molar-refractivity contribution is 7.10. The number of nitrogens with zero attached hydrogens (tertiary/aromatic N) is 3. The van der Waals surface area contributed by atoms with E-state index in [4.69, 9.17) is 4.74 Å². The molecule has 1 saturated heterocycles. The molecule has 1 unspecified atom stereocenters. The van der Waals surface area contributed by atoms with Crippen LogP contribution in [0.1, 0.15) is 70.7 Å². The molecule has 0 radical (unpaired) electrons. The zero-order valence-corrected chi connectivity index (χ0v) is 25.5. The fourth-order valence-electron chi connectivity index (χ4n) is 6.40. The van der Waals surface area contributed by atoms with E-state index in [-0.39, 0.29) is 56.5 Å². The molecule has 1 aromatic carbocycles. The van der Waals surface area contributed by atoms with Crippen molar-refractivity contribution in [2.24, 2.45) is 0 Å². The number of hydrogen-bond acceptors (Lipinski definition) is 6. The highest BCUT2D eigenvalue weighted by Crippen LogP contribution is 2.44. The van der Waals surface area contributed by atoms with Crippen LogP contribution in [0.15, 0.2) is 48.0 Å². The summed E-state index contributed by atoms with van der Waals surface area (Å²) in [6.45, 7) is 1.28. The zero-order valence-electron chi connectivity index (χ0n) is 24.7. The van der Waals surface area contributed by atoms with Gasteiger partial charge >= 0.3 is 18.3 Å². The second-order valence-corrected chi connectivity index (χ2v) is 12.2. The number of fused-ring (bicyclic) bond motifs is 1. The molecule has 16 heteroatoms. The second kappa shape index (κ2) is 12.8. The van der Waals surface area contributed by atoms with Crippen LogP contribution >= 0.6 is 11.3 Å². The fourth-order valence-corrected chi connectivity index (χ4v) is 7.08. The smallest absolute Gasteiger partial charge is 0.425 e. The topological polar surface area (TPSA) is 100 Å². The van der Waals surface area contributed by atoms with Crippen molar-refractivity contribution in [1.29, 1.82) is 0 Å². The van der Waals surface area contributed by atoms with Gasteiger partial charge in [-0.3, -0.25) is 14.6 Å². The van der Waals surface area contributed by atoms with Gasteiger partial charge in [-0.2, -0.15) is 26.3 Å². The third kappa shape index (κ3) is 6.51. The Morgan fingerprint density at radius 2 is 1.81 bits per heavy atom. The molecule has 1 N–H and O–H groups in total. The average Bonchev–Trinajstić information content (AvgIpc) is 3.49. The van der Waals surface area contributed by atoms with Crippen molar-refractivity contribution in [2.75, 3.05) is 13.1 Å². The van der Waals surface area contributed by atoms with Crippen LogP contribution in [0.5, 0.6) is 5.75 Å². The molecule has 47 heavy (non-hydrogen) atoms. The number of ether oxygens (including phenoxy) is 1. The van der Waals surface area contributed by atoms with Crippen LogP contribution in [0.2, 0.25) is 0 Å². The minimum Gasteiger partial charge on any atom is -0.479 e. The average molecular weight is 688 g/mol. The molecule has 8 nitrogen and oxygen atoms in total. The lowest BCUT2D eigenvalue weighted by Gasteiger charge is -2.51. The van der Waals surface area contributed by atoms with Crippen LogP contribution in [0, 0.1) is 5.82 Å². The standard InChI is InChI=1S/C31H28F7N3O5S/c1-2-5-22-29(46-19-15-23(47-16-19)31(36,37)38,10-4-12-40(22)26(42)24-21(30(33,34)35)6-3-11-39-24)28(45)41-13-9-17-14-18(32)7-8-20(17)25(41)27(43)44/h3,6-8,11,14-16,22,25H,2,4-5,9-10,12-13H2,1H3,(H,43,44)/t22-,25?,29-/m1/s1. The molecule has 3 aromatic rings. The van der Waals surface area contributed by atoms with E-state index in [0.29, 0.717) is 29.0 Å². The molecule has 2 aromatic heterocycles. The van der Waals surface area contributed by atoms with Crippen LogP contribution < -0.4 is 4.74 Å². The Balaban J connectivity index is 1.65. The Labute approximate surface area is 267 Å². The first-order valence-electron chi connectivity index (χ1n) is 14.6. The number of thiophene rings is 1. The van der Waals surface area contributed by atoms with Gasteiger partial charge in [0.05, 0.1) is 11.6 Å². The number of halogens is 7. The number of aromatic nitrogens is 1. The maximum absolute atomic E-state index is 14.8. The molecule has 4 heterocycles. The van der Waals surface area contributed by atoms with Crippen molar-refractivity contribution in [3.05, 3.63) is 81.1 Å². The molecule has 5 rings (SSSR count). The summed E-state index contributed by atoms with van der Waals surface area (Å²) in [4.78, 5) is 46.0. The molecular formula is C31H28F7N3O5S. The Bertz CT molecular complexity index is 1680. The summed E-state index contributed by atoms with van der Waals surface area (Å²) >= 11 is 0.292. The Morgan fingerprint density at radius 3 is 2.45 bits per heavy atom. The number of likely N-dealkylation sites (tertiary alicyclic amines) is 1. The van der Waals surface area contributed by atoms with Gasteiger partial charge in [-0.1, -0.05) is 19.4 Å². The number of rotatable bonds is 7. The molecule has 0 bridgehead atoms. The van der Waals surface area contributed by atoms with E-state index in [0.717, 1.165) is 39.6 Å². The summed E-state index contributed by atoms with van der Waals surface area (Å²) in [5, 5.41) is 11.3. The van der Waals surface area contributed by atoms with Crippen molar-refractivity contribution in [1.82, 2.24) is 14.8 Å². The number of alkyl halides is 6. The summed E-state index contributed by atoms with van der Waals surface area (Å²) in [7, 11) is 0. The number of carbonyl (C=O) groups excluding carboxylic acids is 2. The van der Waals surface area contributed by atoms with Gasteiger partial charge in [0.25, 0.3) is 11.8 Å². The molecule has 0 spiro atoms. The van der Waals surface area contributed by atoms with Gasteiger partial charge < -0.3 is 19.6 Å². The van der Waals surface area contributed by atoms with Crippen LogP contribution in [0.25, 0.3) is 0 Å². The summed E-state index contributed by atoms with van der Waals surface area (Å²) in [5.74, 6) is -4.64. The van der Waals surface area contributed by atoms with E-state index in [1.165, 1.54) is 6.07 Å². The summed E-state index contributed by atoms with van der Waals surface area (Å²) in [5.41, 5.74) is -4.02. The minimum atomic E-state index is -4.96. The van der Waals surface area contributed by atoms with E-state index in [2.05, 4.69) is 4.98 Å². The van der Waals surface area contributed by atoms with Crippen molar-refractivity contribution >= 4 is 29.1 Å². The molecular weight excluding hydrogens is 659 g/mol. The molecule has 252 valence electrons. The van der Waals surface area contributed by atoms with Crippen molar-refractivity contribution in [3.8, 4) is 5.75 Å². The first-order chi connectivity index (χ1) is 22.1. The number of carbonyl (C=O) groups is 3. The number of amides is 2. The van der Waals surface area contributed by atoms with Gasteiger partial charge in [-0.25, -0.2) is 9.18 Å².